The summed E-state index contributed by atoms with van der Waals surface area (Å²) in [6.07, 6.45) is 0.448. The third kappa shape index (κ3) is 3.55. The molecule has 0 bridgehead atoms. The van der Waals surface area contributed by atoms with E-state index in [0.717, 1.165) is 16.9 Å². The number of carbonyl (C=O) groups is 1. The Hall–Kier alpha value is -3.65. The SMILES string of the molecule is COc1ccc(C(CC(=O)c2ccccc2)C2c3ccccc3-c3ccccc32)cc1. The van der Waals surface area contributed by atoms with Crippen LogP contribution in [-0.4, -0.2) is 12.9 Å². The van der Waals surface area contributed by atoms with E-state index in [2.05, 4.69) is 60.7 Å². The van der Waals surface area contributed by atoms with Crippen molar-refractivity contribution in [2.45, 2.75) is 18.3 Å². The number of Topliss-reactive ketones (excluding diaryl/α,β-unsaturated/α-hetero) is 1. The van der Waals surface area contributed by atoms with Crippen molar-refractivity contribution in [3.05, 3.63) is 125 Å². The Morgan fingerprint density at radius 1 is 0.742 bits per heavy atom. The molecule has 0 saturated carbocycles. The molecule has 5 rings (SSSR count). The molecule has 0 amide bonds. The Morgan fingerprint density at radius 2 is 1.29 bits per heavy atom. The predicted molar refractivity (Wildman–Crippen MR) is 125 cm³/mol. The number of benzene rings is 4. The molecular weight excluding hydrogens is 380 g/mol. The number of methoxy groups -OCH3 is 1. The van der Waals surface area contributed by atoms with Gasteiger partial charge in [0.1, 0.15) is 5.75 Å². The standard InChI is InChI=1S/C29H24O2/c1-31-22-17-15-20(16-18-22)27(19-28(30)21-9-3-2-4-10-21)29-25-13-7-5-11-23(25)24-12-6-8-14-26(24)29/h2-18,27,29H,19H2,1H3. The van der Waals surface area contributed by atoms with Crippen LogP contribution in [0.1, 0.15) is 45.3 Å². The molecule has 1 aliphatic carbocycles. The van der Waals surface area contributed by atoms with E-state index in [1.54, 1.807) is 7.11 Å². The van der Waals surface area contributed by atoms with Crippen molar-refractivity contribution in [1.82, 2.24) is 0 Å². The van der Waals surface area contributed by atoms with Crippen LogP contribution in [0, 0.1) is 0 Å². The van der Waals surface area contributed by atoms with Gasteiger partial charge in [0.05, 0.1) is 7.11 Å². The van der Waals surface area contributed by atoms with Crippen molar-refractivity contribution < 1.29 is 9.53 Å². The Morgan fingerprint density at radius 3 is 1.87 bits per heavy atom. The van der Waals surface area contributed by atoms with Crippen molar-refractivity contribution in [1.29, 1.82) is 0 Å². The molecule has 0 radical (unpaired) electrons. The third-order valence-corrected chi connectivity index (χ3v) is 6.33. The minimum Gasteiger partial charge on any atom is -0.497 e. The van der Waals surface area contributed by atoms with Gasteiger partial charge in [0.25, 0.3) is 0 Å². The highest BCUT2D eigenvalue weighted by molar-refractivity contribution is 5.97. The Bertz CT molecular complexity index is 1160. The van der Waals surface area contributed by atoms with Crippen molar-refractivity contribution in [2.24, 2.45) is 0 Å². The number of ketones is 1. The Labute approximate surface area is 183 Å². The lowest BCUT2D eigenvalue weighted by atomic mass is 9.76. The van der Waals surface area contributed by atoms with Crippen molar-refractivity contribution in [3.8, 4) is 16.9 Å². The molecule has 0 saturated heterocycles. The van der Waals surface area contributed by atoms with Crippen molar-refractivity contribution >= 4 is 5.78 Å². The van der Waals surface area contributed by atoms with E-state index < -0.39 is 0 Å². The smallest absolute Gasteiger partial charge is 0.163 e. The molecule has 2 heteroatoms. The first-order valence-electron chi connectivity index (χ1n) is 10.7. The van der Waals surface area contributed by atoms with E-state index in [-0.39, 0.29) is 17.6 Å². The summed E-state index contributed by atoms with van der Waals surface area (Å²) in [5.74, 6) is 1.16. The molecule has 152 valence electrons. The average Bonchev–Trinajstić information content (AvgIpc) is 3.17. The zero-order valence-corrected chi connectivity index (χ0v) is 17.5. The van der Waals surface area contributed by atoms with Crippen molar-refractivity contribution in [3.63, 3.8) is 0 Å². The highest BCUT2D eigenvalue weighted by Crippen LogP contribution is 2.52. The first kappa shape index (κ1) is 19.3. The molecular formula is C29H24O2. The van der Waals surface area contributed by atoms with E-state index in [0.29, 0.717) is 6.42 Å². The summed E-state index contributed by atoms with van der Waals surface area (Å²) >= 11 is 0. The average molecular weight is 405 g/mol. The van der Waals surface area contributed by atoms with Crippen LogP contribution in [0.5, 0.6) is 5.75 Å². The first-order valence-corrected chi connectivity index (χ1v) is 10.7. The number of fused-ring (bicyclic) bond motifs is 3. The summed E-state index contributed by atoms with van der Waals surface area (Å²) in [6, 6.07) is 35.0. The Kier molecular flexibility index (Phi) is 5.13. The van der Waals surface area contributed by atoms with E-state index in [1.165, 1.54) is 22.3 Å². The maximum Gasteiger partial charge on any atom is 0.163 e. The molecule has 0 spiro atoms. The topological polar surface area (TPSA) is 26.3 Å². The van der Waals surface area contributed by atoms with Gasteiger partial charge in [0, 0.05) is 23.8 Å². The van der Waals surface area contributed by atoms with Gasteiger partial charge in [-0.25, -0.2) is 0 Å². The summed E-state index contributed by atoms with van der Waals surface area (Å²) in [6.45, 7) is 0. The van der Waals surface area contributed by atoms with Gasteiger partial charge in [-0.3, -0.25) is 4.79 Å². The first-order chi connectivity index (χ1) is 15.3. The minimum absolute atomic E-state index is 0.0309. The fourth-order valence-corrected chi connectivity index (χ4v) is 4.85. The number of carbonyl (C=O) groups excluding carboxylic acids is 1. The molecule has 4 aromatic carbocycles. The van der Waals surface area contributed by atoms with Crippen LogP contribution in [-0.2, 0) is 0 Å². The van der Waals surface area contributed by atoms with Crippen LogP contribution >= 0.6 is 0 Å². The van der Waals surface area contributed by atoms with Crippen LogP contribution in [0.15, 0.2) is 103 Å². The molecule has 4 aromatic rings. The predicted octanol–water partition coefficient (Wildman–Crippen LogP) is 6.86. The summed E-state index contributed by atoms with van der Waals surface area (Å²) in [7, 11) is 1.68. The zero-order valence-electron chi connectivity index (χ0n) is 17.5. The largest absolute Gasteiger partial charge is 0.497 e. The maximum atomic E-state index is 13.3. The quantitative estimate of drug-likeness (QED) is 0.328. The van der Waals surface area contributed by atoms with Gasteiger partial charge in [-0.15, -0.1) is 0 Å². The highest BCUT2D eigenvalue weighted by Gasteiger charge is 2.36. The second-order valence-electron chi connectivity index (χ2n) is 8.03. The van der Waals surface area contributed by atoms with Gasteiger partial charge in [-0.05, 0) is 39.9 Å². The Balaban J connectivity index is 1.62. The summed E-state index contributed by atoms with van der Waals surface area (Å²) in [5.41, 5.74) is 7.06. The van der Waals surface area contributed by atoms with Gasteiger partial charge in [-0.1, -0.05) is 91.0 Å². The van der Waals surface area contributed by atoms with Crippen molar-refractivity contribution in [2.75, 3.05) is 7.11 Å². The van der Waals surface area contributed by atoms with Crippen LogP contribution < -0.4 is 4.74 Å². The highest BCUT2D eigenvalue weighted by atomic mass is 16.5. The number of hydrogen-bond donors (Lipinski definition) is 0. The molecule has 1 atom stereocenters. The van der Waals surface area contributed by atoms with E-state index >= 15 is 0 Å². The maximum absolute atomic E-state index is 13.3. The lowest BCUT2D eigenvalue weighted by molar-refractivity contribution is 0.0971. The van der Waals surface area contributed by atoms with Gasteiger partial charge < -0.3 is 4.74 Å². The minimum atomic E-state index is 0.0309. The number of rotatable bonds is 6. The third-order valence-electron chi connectivity index (χ3n) is 6.33. The lowest BCUT2D eigenvalue weighted by Crippen LogP contribution is -2.15. The molecule has 0 aromatic heterocycles. The van der Waals surface area contributed by atoms with Crippen LogP contribution in [0.4, 0.5) is 0 Å². The van der Waals surface area contributed by atoms with E-state index in [4.69, 9.17) is 4.74 Å². The number of ether oxygens (including phenoxy) is 1. The summed E-state index contributed by atoms with van der Waals surface area (Å²) in [5, 5.41) is 0. The summed E-state index contributed by atoms with van der Waals surface area (Å²) < 4.78 is 5.37. The van der Waals surface area contributed by atoms with E-state index in [1.807, 2.05) is 42.5 Å². The fourth-order valence-electron chi connectivity index (χ4n) is 4.85. The van der Waals surface area contributed by atoms with E-state index in [9.17, 15) is 4.79 Å². The van der Waals surface area contributed by atoms with Gasteiger partial charge in [0.2, 0.25) is 0 Å². The molecule has 0 fully saturated rings. The monoisotopic (exact) mass is 404 g/mol. The molecule has 0 N–H and O–H groups in total. The van der Waals surface area contributed by atoms with Gasteiger partial charge in [-0.2, -0.15) is 0 Å². The molecule has 2 nitrogen and oxygen atoms in total. The van der Waals surface area contributed by atoms with Crippen LogP contribution in [0.25, 0.3) is 11.1 Å². The molecule has 1 unspecified atom stereocenters. The van der Waals surface area contributed by atoms with Gasteiger partial charge in [0.15, 0.2) is 5.78 Å². The van der Waals surface area contributed by atoms with Gasteiger partial charge >= 0.3 is 0 Å². The molecule has 0 heterocycles. The second-order valence-corrected chi connectivity index (χ2v) is 8.03. The van der Waals surface area contributed by atoms with Crippen LogP contribution in [0.2, 0.25) is 0 Å². The molecule has 0 aliphatic heterocycles. The fraction of sp³-hybridized carbons (Fsp3) is 0.138. The van der Waals surface area contributed by atoms with Crippen LogP contribution in [0.3, 0.4) is 0 Å². The zero-order chi connectivity index (χ0) is 21.2. The summed E-state index contributed by atoms with van der Waals surface area (Å²) in [4.78, 5) is 13.3. The molecule has 1 aliphatic rings. The number of hydrogen-bond acceptors (Lipinski definition) is 2. The second kappa shape index (κ2) is 8.23. The molecule has 31 heavy (non-hydrogen) atoms. The normalized spacial score (nSPS) is 13.3. The lowest BCUT2D eigenvalue weighted by Gasteiger charge is -2.26.